The number of nitrogens with zero attached hydrogens (tertiary/aromatic N) is 1. The normalized spacial score (nSPS) is 12.4. The van der Waals surface area contributed by atoms with Crippen molar-refractivity contribution < 1.29 is 13.2 Å². The van der Waals surface area contributed by atoms with Gasteiger partial charge in [-0.3, -0.25) is 9.89 Å². The number of aromatic amines is 1. The van der Waals surface area contributed by atoms with Crippen molar-refractivity contribution in [2.45, 2.75) is 45.4 Å². The zero-order valence-corrected chi connectivity index (χ0v) is 13.1. The molecule has 8 heteroatoms. The maximum absolute atomic E-state index is 12.0. The third-order valence-corrected chi connectivity index (χ3v) is 3.81. The van der Waals surface area contributed by atoms with E-state index in [4.69, 9.17) is 5.14 Å². The van der Waals surface area contributed by atoms with Crippen molar-refractivity contribution in [3.8, 4) is 0 Å². The summed E-state index contributed by atoms with van der Waals surface area (Å²) in [6, 6.07) is 0. The standard InChI is InChI=1S/C12H22N4O3S/c1-5-8-10(20(13,18)19)9(16-15-8)11(17)14-7-6-12(2,3)4/h5-7H2,1-4H3,(H,14,17)(H,15,16)(H2,13,18,19). The van der Waals surface area contributed by atoms with Crippen molar-refractivity contribution in [2.75, 3.05) is 6.54 Å². The van der Waals surface area contributed by atoms with E-state index in [1.54, 1.807) is 6.92 Å². The molecular formula is C12H22N4O3S. The first-order valence-electron chi connectivity index (χ1n) is 6.44. The van der Waals surface area contributed by atoms with Crippen molar-refractivity contribution in [1.82, 2.24) is 15.5 Å². The van der Waals surface area contributed by atoms with Crippen LogP contribution in [0.2, 0.25) is 0 Å². The van der Waals surface area contributed by atoms with Gasteiger partial charge in [0.2, 0.25) is 10.0 Å². The fourth-order valence-electron chi connectivity index (χ4n) is 1.70. The average molecular weight is 302 g/mol. The molecule has 0 atom stereocenters. The third kappa shape index (κ3) is 4.31. The van der Waals surface area contributed by atoms with E-state index < -0.39 is 15.9 Å². The van der Waals surface area contributed by atoms with Crippen LogP contribution in [0.25, 0.3) is 0 Å². The molecule has 0 unspecified atom stereocenters. The lowest BCUT2D eigenvalue weighted by Crippen LogP contribution is -2.29. The number of sulfonamides is 1. The molecule has 0 spiro atoms. The number of primary sulfonamides is 1. The molecule has 0 aromatic carbocycles. The molecule has 0 aliphatic carbocycles. The number of hydrogen-bond donors (Lipinski definition) is 3. The number of aryl methyl sites for hydroxylation is 1. The fourth-order valence-corrected chi connectivity index (χ4v) is 2.64. The Balaban J connectivity index is 2.92. The average Bonchev–Trinajstić information content (AvgIpc) is 2.70. The second kappa shape index (κ2) is 5.92. The molecule has 20 heavy (non-hydrogen) atoms. The first-order chi connectivity index (χ1) is 9.06. The predicted molar refractivity (Wildman–Crippen MR) is 75.7 cm³/mol. The fraction of sp³-hybridized carbons (Fsp3) is 0.667. The van der Waals surface area contributed by atoms with E-state index in [1.165, 1.54) is 0 Å². The van der Waals surface area contributed by atoms with Crippen molar-refractivity contribution in [2.24, 2.45) is 10.6 Å². The van der Waals surface area contributed by atoms with Crippen molar-refractivity contribution in [1.29, 1.82) is 0 Å². The molecule has 114 valence electrons. The van der Waals surface area contributed by atoms with Gasteiger partial charge in [0.05, 0.1) is 5.69 Å². The number of rotatable bonds is 5. The Morgan fingerprint density at radius 3 is 2.45 bits per heavy atom. The number of nitrogens with two attached hydrogens (primary N) is 1. The Labute approximate surface area is 119 Å². The SMILES string of the molecule is CCc1[nH]nc(C(=O)NCCC(C)(C)C)c1S(N)(=O)=O. The van der Waals surface area contributed by atoms with Gasteiger partial charge < -0.3 is 5.32 Å². The van der Waals surface area contributed by atoms with Gasteiger partial charge in [-0.25, -0.2) is 13.6 Å². The van der Waals surface area contributed by atoms with Crippen molar-refractivity contribution >= 4 is 15.9 Å². The molecule has 0 fully saturated rings. The molecule has 1 aromatic rings. The van der Waals surface area contributed by atoms with Gasteiger partial charge >= 0.3 is 0 Å². The van der Waals surface area contributed by atoms with Crippen LogP contribution in [0, 0.1) is 5.41 Å². The monoisotopic (exact) mass is 302 g/mol. The maximum atomic E-state index is 12.0. The summed E-state index contributed by atoms with van der Waals surface area (Å²) in [4.78, 5) is 11.8. The Kier molecular flexibility index (Phi) is 4.93. The number of amides is 1. The van der Waals surface area contributed by atoms with Gasteiger partial charge in [-0.15, -0.1) is 0 Å². The van der Waals surface area contributed by atoms with E-state index in [-0.39, 0.29) is 16.0 Å². The third-order valence-electron chi connectivity index (χ3n) is 2.81. The highest BCUT2D eigenvalue weighted by atomic mass is 32.2. The van der Waals surface area contributed by atoms with Gasteiger partial charge in [-0.1, -0.05) is 27.7 Å². The number of hydrogen-bond acceptors (Lipinski definition) is 4. The highest BCUT2D eigenvalue weighted by molar-refractivity contribution is 7.89. The molecule has 7 nitrogen and oxygen atoms in total. The van der Waals surface area contributed by atoms with E-state index in [2.05, 4.69) is 36.3 Å². The van der Waals surface area contributed by atoms with Crippen LogP contribution < -0.4 is 10.5 Å². The molecule has 1 rings (SSSR count). The zero-order chi connectivity index (χ0) is 15.6. The Hall–Kier alpha value is -1.41. The Morgan fingerprint density at radius 1 is 1.40 bits per heavy atom. The minimum Gasteiger partial charge on any atom is -0.351 e. The first-order valence-corrected chi connectivity index (χ1v) is 7.99. The highest BCUT2D eigenvalue weighted by Crippen LogP contribution is 2.19. The molecule has 0 saturated carbocycles. The number of carbonyl (C=O) groups is 1. The van der Waals surface area contributed by atoms with Crippen LogP contribution in [0.3, 0.4) is 0 Å². The van der Waals surface area contributed by atoms with Crippen LogP contribution in [0.15, 0.2) is 4.90 Å². The molecule has 4 N–H and O–H groups in total. The van der Waals surface area contributed by atoms with Gasteiger partial charge in [0.1, 0.15) is 4.90 Å². The van der Waals surface area contributed by atoms with Gasteiger partial charge in [-0.05, 0) is 18.3 Å². The zero-order valence-electron chi connectivity index (χ0n) is 12.3. The second-order valence-corrected chi connectivity index (χ2v) is 7.34. The van der Waals surface area contributed by atoms with Crippen LogP contribution in [0.5, 0.6) is 0 Å². The van der Waals surface area contributed by atoms with Crippen molar-refractivity contribution in [3.05, 3.63) is 11.4 Å². The molecule has 0 saturated heterocycles. The van der Waals surface area contributed by atoms with Crippen LogP contribution in [-0.4, -0.2) is 31.1 Å². The topological polar surface area (TPSA) is 118 Å². The summed E-state index contributed by atoms with van der Waals surface area (Å²) < 4.78 is 23.1. The summed E-state index contributed by atoms with van der Waals surface area (Å²) in [5.74, 6) is -0.533. The van der Waals surface area contributed by atoms with Crippen LogP contribution >= 0.6 is 0 Å². The second-order valence-electron chi connectivity index (χ2n) is 5.85. The molecule has 1 aromatic heterocycles. The van der Waals surface area contributed by atoms with E-state index in [0.717, 1.165) is 6.42 Å². The minimum absolute atomic E-state index is 0.0796. The lowest BCUT2D eigenvalue weighted by atomic mass is 9.92. The molecule has 1 heterocycles. The quantitative estimate of drug-likeness (QED) is 0.745. The van der Waals surface area contributed by atoms with E-state index >= 15 is 0 Å². The van der Waals surface area contributed by atoms with Crippen molar-refractivity contribution in [3.63, 3.8) is 0 Å². The van der Waals surface area contributed by atoms with Crippen LogP contribution in [-0.2, 0) is 16.4 Å². The molecule has 0 bridgehead atoms. The highest BCUT2D eigenvalue weighted by Gasteiger charge is 2.26. The number of nitrogens with one attached hydrogen (secondary N) is 2. The molecule has 1 amide bonds. The van der Waals surface area contributed by atoms with Gasteiger partial charge in [0.25, 0.3) is 5.91 Å². The predicted octanol–water partition coefficient (Wildman–Crippen LogP) is 0.785. The molecule has 0 aliphatic heterocycles. The molecule has 0 radical (unpaired) electrons. The Morgan fingerprint density at radius 2 is 2.00 bits per heavy atom. The minimum atomic E-state index is -3.99. The lowest BCUT2D eigenvalue weighted by molar-refractivity contribution is 0.0941. The summed E-state index contributed by atoms with van der Waals surface area (Å²) >= 11 is 0. The number of carbonyl (C=O) groups excluding carboxylic acids is 1. The van der Waals surface area contributed by atoms with Gasteiger partial charge in [0.15, 0.2) is 5.69 Å². The maximum Gasteiger partial charge on any atom is 0.273 e. The summed E-state index contributed by atoms with van der Waals surface area (Å²) in [5, 5.41) is 14.1. The lowest BCUT2D eigenvalue weighted by Gasteiger charge is -2.17. The van der Waals surface area contributed by atoms with E-state index in [0.29, 0.717) is 18.7 Å². The summed E-state index contributed by atoms with van der Waals surface area (Å²) in [7, 11) is -3.99. The Bertz CT molecular complexity index is 584. The van der Waals surface area contributed by atoms with E-state index in [9.17, 15) is 13.2 Å². The summed E-state index contributed by atoms with van der Waals surface area (Å²) in [6.45, 7) is 8.36. The van der Waals surface area contributed by atoms with Crippen LogP contribution in [0.1, 0.15) is 50.3 Å². The number of aromatic nitrogens is 2. The first kappa shape index (κ1) is 16.6. The largest absolute Gasteiger partial charge is 0.351 e. The van der Waals surface area contributed by atoms with E-state index in [1.807, 2.05) is 0 Å². The molecular weight excluding hydrogens is 280 g/mol. The summed E-state index contributed by atoms with van der Waals surface area (Å²) in [5.41, 5.74) is 0.252. The summed E-state index contributed by atoms with van der Waals surface area (Å²) in [6.07, 6.45) is 1.17. The van der Waals surface area contributed by atoms with Gasteiger partial charge in [0, 0.05) is 6.54 Å². The number of H-pyrrole nitrogens is 1. The smallest absolute Gasteiger partial charge is 0.273 e. The van der Waals surface area contributed by atoms with Crippen LogP contribution in [0.4, 0.5) is 0 Å². The van der Waals surface area contributed by atoms with Gasteiger partial charge in [-0.2, -0.15) is 5.10 Å². The molecule has 0 aliphatic rings.